The lowest BCUT2D eigenvalue weighted by Crippen LogP contribution is -2.24. The van der Waals surface area contributed by atoms with E-state index in [1.54, 1.807) is 12.3 Å². The van der Waals surface area contributed by atoms with Gasteiger partial charge in [0.15, 0.2) is 0 Å². The van der Waals surface area contributed by atoms with Crippen molar-refractivity contribution in [3.63, 3.8) is 0 Å². The molecule has 1 aliphatic rings. The maximum absolute atomic E-state index is 12.7. The normalized spacial score (nSPS) is 14.0. The van der Waals surface area contributed by atoms with Crippen LogP contribution in [0.5, 0.6) is 0 Å². The van der Waals surface area contributed by atoms with Gasteiger partial charge in [-0.3, -0.25) is 14.6 Å². The largest absolute Gasteiger partial charge is 0.338 e. The van der Waals surface area contributed by atoms with Crippen molar-refractivity contribution in [1.82, 2.24) is 9.88 Å². The van der Waals surface area contributed by atoms with Crippen LogP contribution in [0.25, 0.3) is 10.9 Å². The van der Waals surface area contributed by atoms with E-state index in [1.165, 1.54) is 0 Å². The third-order valence-corrected chi connectivity index (χ3v) is 4.61. The summed E-state index contributed by atoms with van der Waals surface area (Å²) in [6.07, 6.45) is 3.24. The Labute approximate surface area is 151 Å². The zero-order chi connectivity index (χ0) is 17.9. The second-order valence-electron chi connectivity index (χ2n) is 6.45. The molecular weight excluding hydrogens is 326 g/mol. The number of anilines is 1. The lowest BCUT2D eigenvalue weighted by Gasteiger charge is -2.16. The molecule has 2 heterocycles. The number of fused-ring (bicyclic) bond motifs is 1. The SMILES string of the molecule is O=C(Nc1cccc2cccnc12)c1cccc(CN2CCCC2=O)c1. The van der Waals surface area contributed by atoms with Crippen LogP contribution in [-0.4, -0.2) is 28.2 Å². The van der Waals surface area contributed by atoms with E-state index < -0.39 is 0 Å². The van der Waals surface area contributed by atoms with Crippen molar-refractivity contribution in [3.05, 3.63) is 71.9 Å². The van der Waals surface area contributed by atoms with Crippen molar-refractivity contribution >= 4 is 28.4 Å². The van der Waals surface area contributed by atoms with Gasteiger partial charge in [-0.2, -0.15) is 0 Å². The molecule has 1 N–H and O–H groups in total. The molecule has 0 unspecified atom stereocenters. The average Bonchev–Trinajstić information content (AvgIpc) is 3.07. The summed E-state index contributed by atoms with van der Waals surface area (Å²) in [5.74, 6) is -0.000522. The number of pyridine rings is 1. The molecular formula is C21H19N3O2. The van der Waals surface area contributed by atoms with Crippen LogP contribution in [0.2, 0.25) is 0 Å². The van der Waals surface area contributed by atoms with Gasteiger partial charge in [0, 0.05) is 36.7 Å². The highest BCUT2D eigenvalue weighted by Crippen LogP contribution is 2.22. The Morgan fingerprint density at radius 2 is 1.96 bits per heavy atom. The molecule has 1 fully saturated rings. The Balaban J connectivity index is 1.54. The summed E-state index contributed by atoms with van der Waals surface area (Å²) in [6.45, 7) is 1.34. The first-order chi connectivity index (χ1) is 12.7. The highest BCUT2D eigenvalue weighted by Gasteiger charge is 2.20. The number of nitrogens with zero attached hydrogens (tertiary/aromatic N) is 2. The van der Waals surface area contributed by atoms with E-state index in [0.717, 1.165) is 29.4 Å². The van der Waals surface area contributed by atoms with E-state index in [4.69, 9.17) is 0 Å². The topological polar surface area (TPSA) is 62.3 Å². The van der Waals surface area contributed by atoms with Crippen molar-refractivity contribution in [2.75, 3.05) is 11.9 Å². The smallest absolute Gasteiger partial charge is 0.255 e. The Kier molecular flexibility index (Phi) is 4.35. The fraction of sp³-hybridized carbons (Fsp3) is 0.190. The first-order valence-electron chi connectivity index (χ1n) is 8.72. The molecule has 1 saturated heterocycles. The highest BCUT2D eigenvalue weighted by molar-refractivity contribution is 6.08. The first-order valence-corrected chi connectivity index (χ1v) is 8.72. The van der Waals surface area contributed by atoms with Gasteiger partial charge in [-0.1, -0.05) is 30.3 Å². The van der Waals surface area contributed by atoms with E-state index in [-0.39, 0.29) is 11.8 Å². The Bertz CT molecular complexity index is 978. The highest BCUT2D eigenvalue weighted by atomic mass is 16.2. The average molecular weight is 345 g/mol. The fourth-order valence-corrected chi connectivity index (χ4v) is 3.30. The van der Waals surface area contributed by atoms with Gasteiger partial charge >= 0.3 is 0 Å². The number of hydrogen-bond donors (Lipinski definition) is 1. The lowest BCUT2D eigenvalue weighted by atomic mass is 10.1. The van der Waals surface area contributed by atoms with Crippen LogP contribution in [0.4, 0.5) is 5.69 Å². The lowest BCUT2D eigenvalue weighted by molar-refractivity contribution is -0.128. The molecule has 4 rings (SSSR count). The third kappa shape index (κ3) is 3.28. The minimum absolute atomic E-state index is 0.182. The number of benzene rings is 2. The van der Waals surface area contributed by atoms with Crippen molar-refractivity contribution in [1.29, 1.82) is 0 Å². The maximum Gasteiger partial charge on any atom is 0.255 e. The van der Waals surface area contributed by atoms with Crippen molar-refractivity contribution in [2.45, 2.75) is 19.4 Å². The van der Waals surface area contributed by atoms with Gasteiger partial charge in [-0.25, -0.2) is 0 Å². The van der Waals surface area contributed by atoms with Crippen LogP contribution < -0.4 is 5.32 Å². The molecule has 130 valence electrons. The van der Waals surface area contributed by atoms with Crippen molar-refractivity contribution < 1.29 is 9.59 Å². The molecule has 1 aliphatic heterocycles. The monoisotopic (exact) mass is 345 g/mol. The van der Waals surface area contributed by atoms with Gasteiger partial charge in [0.1, 0.15) is 0 Å². The van der Waals surface area contributed by atoms with Gasteiger partial charge < -0.3 is 10.2 Å². The van der Waals surface area contributed by atoms with Gasteiger partial charge in [0.2, 0.25) is 5.91 Å². The number of para-hydroxylation sites is 1. The van der Waals surface area contributed by atoms with E-state index in [0.29, 0.717) is 24.2 Å². The van der Waals surface area contributed by atoms with Gasteiger partial charge in [0.25, 0.3) is 5.91 Å². The molecule has 26 heavy (non-hydrogen) atoms. The van der Waals surface area contributed by atoms with Crippen LogP contribution >= 0.6 is 0 Å². The summed E-state index contributed by atoms with van der Waals surface area (Å²) >= 11 is 0. The van der Waals surface area contributed by atoms with Gasteiger partial charge in [-0.15, -0.1) is 0 Å². The molecule has 3 aromatic rings. The second kappa shape index (κ2) is 6.96. The number of amides is 2. The third-order valence-electron chi connectivity index (χ3n) is 4.61. The fourth-order valence-electron chi connectivity index (χ4n) is 3.30. The van der Waals surface area contributed by atoms with Crippen LogP contribution in [0, 0.1) is 0 Å². The zero-order valence-corrected chi connectivity index (χ0v) is 14.3. The van der Waals surface area contributed by atoms with E-state index in [9.17, 15) is 9.59 Å². The molecule has 0 atom stereocenters. The quantitative estimate of drug-likeness (QED) is 0.786. The number of carbonyl (C=O) groups is 2. The molecule has 1 aromatic heterocycles. The van der Waals surface area contributed by atoms with Crippen LogP contribution in [0.3, 0.4) is 0 Å². The standard InChI is InChI=1S/C21H19N3O2/c25-19-10-4-12-24(19)14-15-5-1-7-17(13-15)21(26)23-18-9-2-6-16-8-3-11-22-20(16)18/h1-3,5-9,11,13H,4,10,12,14H2,(H,23,26). The number of nitrogens with one attached hydrogen (secondary N) is 1. The van der Waals surface area contributed by atoms with Crippen LogP contribution in [0.15, 0.2) is 60.8 Å². The number of likely N-dealkylation sites (tertiary alicyclic amines) is 1. The summed E-state index contributed by atoms with van der Waals surface area (Å²) in [7, 11) is 0. The second-order valence-corrected chi connectivity index (χ2v) is 6.45. The molecule has 0 radical (unpaired) electrons. The molecule has 0 aliphatic carbocycles. The van der Waals surface area contributed by atoms with Crippen LogP contribution in [0.1, 0.15) is 28.8 Å². The summed E-state index contributed by atoms with van der Waals surface area (Å²) < 4.78 is 0. The summed E-state index contributed by atoms with van der Waals surface area (Å²) in [5.41, 5.74) is 2.99. The number of hydrogen-bond acceptors (Lipinski definition) is 3. The van der Waals surface area contributed by atoms with Crippen molar-refractivity contribution in [3.8, 4) is 0 Å². The first kappa shape index (κ1) is 16.3. The van der Waals surface area contributed by atoms with Crippen molar-refractivity contribution in [2.24, 2.45) is 0 Å². The van der Waals surface area contributed by atoms with Gasteiger partial charge in [-0.05, 0) is 36.2 Å². The molecule has 5 heteroatoms. The van der Waals surface area contributed by atoms with E-state index >= 15 is 0 Å². The van der Waals surface area contributed by atoms with Crippen LogP contribution in [-0.2, 0) is 11.3 Å². The predicted octanol–water partition coefficient (Wildman–Crippen LogP) is 3.61. The van der Waals surface area contributed by atoms with E-state index in [2.05, 4.69) is 10.3 Å². The number of carbonyl (C=O) groups excluding carboxylic acids is 2. The van der Waals surface area contributed by atoms with Gasteiger partial charge in [0.05, 0.1) is 11.2 Å². The number of aromatic nitrogens is 1. The molecule has 2 aromatic carbocycles. The minimum atomic E-state index is -0.183. The molecule has 2 amide bonds. The minimum Gasteiger partial charge on any atom is -0.338 e. The molecule has 0 saturated carbocycles. The molecule has 0 bridgehead atoms. The summed E-state index contributed by atoms with van der Waals surface area (Å²) in [6, 6.07) is 17.0. The Morgan fingerprint density at radius 3 is 2.81 bits per heavy atom. The Hall–Kier alpha value is -3.21. The summed E-state index contributed by atoms with van der Waals surface area (Å²) in [4.78, 5) is 30.7. The maximum atomic E-state index is 12.7. The molecule has 0 spiro atoms. The summed E-state index contributed by atoms with van der Waals surface area (Å²) in [5, 5.41) is 3.93. The van der Waals surface area contributed by atoms with E-state index in [1.807, 2.05) is 53.4 Å². The zero-order valence-electron chi connectivity index (χ0n) is 14.3. The Morgan fingerprint density at radius 1 is 1.12 bits per heavy atom. The molecule has 5 nitrogen and oxygen atoms in total. The number of rotatable bonds is 4. The predicted molar refractivity (Wildman–Crippen MR) is 101 cm³/mol.